The molecule has 0 atom stereocenters. The average Bonchev–Trinajstić information content (AvgIpc) is 2.88. The van der Waals surface area contributed by atoms with E-state index in [1.807, 2.05) is 12.1 Å². The van der Waals surface area contributed by atoms with Crippen LogP contribution < -0.4 is 4.72 Å². The highest BCUT2D eigenvalue weighted by molar-refractivity contribution is 7.92. The molecule has 20 heavy (non-hydrogen) atoms. The van der Waals surface area contributed by atoms with E-state index in [2.05, 4.69) is 14.9 Å². The van der Waals surface area contributed by atoms with Crippen LogP contribution in [-0.2, 0) is 10.0 Å². The number of fused-ring (bicyclic) bond motifs is 1. The van der Waals surface area contributed by atoms with Crippen molar-refractivity contribution in [1.82, 2.24) is 10.2 Å². The number of aromatic amines is 1. The molecule has 6 heteroatoms. The van der Waals surface area contributed by atoms with Crippen molar-refractivity contribution in [3.8, 4) is 0 Å². The Morgan fingerprint density at radius 3 is 2.70 bits per heavy atom. The monoisotopic (exact) mass is 287 g/mol. The summed E-state index contributed by atoms with van der Waals surface area (Å²) in [6, 6.07) is 12.2. The summed E-state index contributed by atoms with van der Waals surface area (Å²) in [5, 5.41) is 7.47. The van der Waals surface area contributed by atoms with Gasteiger partial charge in [0.1, 0.15) is 0 Å². The van der Waals surface area contributed by atoms with Gasteiger partial charge in [0.25, 0.3) is 10.0 Å². The second kappa shape index (κ2) is 4.64. The molecule has 0 aliphatic heterocycles. The minimum absolute atomic E-state index is 0.278. The first kappa shape index (κ1) is 12.7. The first-order valence-electron chi connectivity index (χ1n) is 6.08. The summed E-state index contributed by atoms with van der Waals surface area (Å²) in [6.45, 7) is 1.77. The Bertz CT molecular complexity index is 869. The van der Waals surface area contributed by atoms with Crippen molar-refractivity contribution < 1.29 is 8.42 Å². The number of aromatic nitrogens is 2. The van der Waals surface area contributed by atoms with Crippen LogP contribution in [0.3, 0.4) is 0 Å². The van der Waals surface area contributed by atoms with Gasteiger partial charge in [0.05, 0.1) is 22.3 Å². The molecule has 3 aromatic rings. The molecule has 0 saturated carbocycles. The zero-order valence-corrected chi connectivity index (χ0v) is 11.6. The number of sulfonamides is 1. The normalized spacial score (nSPS) is 11.7. The lowest BCUT2D eigenvalue weighted by Gasteiger charge is -2.10. The van der Waals surface area contributed by atoms with Gasteiger partial charge in [0.2, 0.25) is 0 Å². The van der Waals surface area contributed by atoms with E-state index in [9.17, 15) is 8.42 Å². The predicted octanol–water partition coefficient (Wildman–Crippen LogP) is 2.67. The van der Waals surface area contributed by atoms with Crippen molar-refractivity contribution in [2.45, 2.75) is 11.8 Å². The molecule has 0 unspecified atom stereocenters. The number of hydrogen-bond acceptors (Lipinski definition) is 3. The summed E-state index contributed by atoms with van der Waals surface area (Å²) in [5.74, 6) is 0. The molecule has 3 rings (SSSR count). The fourth-order valence-electron chi connectivity index (χ4n) is 2.11. The van der Waals surface area contributed by atoms with Crippen LogP contribution in [0.25, 0.3) is 10.9 Å². The van der Waals surface area contributed by atoms with Crippen molar-refractivity contribution in [1.29, 1.82) is 0 Å². The molecule has 0 spiro atoms. The molecule has 0 amide bonds. The Morgan fingerprint density at radius 2 is 1.90 bits per heavy atom. The molecule has 0 bridgehead atoms. The number of nitrogens with zero attached hydrogens (tertiary/aromatic N) is 1. The average molecular weight is 287 g/mol. The predicted molar refractivity (Wildman–Crippen MR) is 78.1 cm³/mol. The van der Waals surface area contributed by atoms with E-state index in [0.717, 1.165) is 10.9 Å². The van der Waals surface area contributed by atoms with Gasteiger partial charge < -0.3 is 0 Å². The lowest BCUT2D eigenvalue weighted by molar-refractivity contribution is 0.600. The van der Waals surface area contributed by atoms with Crippen LogP contribution in [0.2, 0.25) is 0 Å². The van der Waals surface area contributed by atoms with E-state index < -0.39 is 10.0 Å². The number of anilines is 1. The summed E-state index contributed by atoms with van der Waals surface area (Å²) in [7, 11) is -3.61. The minimum Gasteiger partial charge on any atom is -0.279 e. The lowest BCUT2D eigenvalue weighted by atomic mass is 10.2. The van der Waals surface area contributed by atoms with E-state index in [-0.39, 0.29) is 4.90 Å². The third kappa shape index (κ3) is 2.14. The number of rotatable bonds is 3. The number of nitrogens with one attached hydrogen (secondary N) is 2. The molecule has 1 heterocycles. The molecule has 0 aliphatic rings. The highest BCUT2D eigenvalue weighted by Crippen LogP contribution is 2.25. The fourth-order valence-corrected chi connectivity index (χ4v) is 3.44. The second-order valence-corrected chi connectivity index (χ2v) is 6.16. The summed E-state index contributed by atoms with van der Waals surface area (Å²) < 4.78 is 27.5. The summed E-state index contributed by atoms with van der Waals surface area (Å²) in [5.41, 5.74) is 2.01. The first-order valence-corrected chi connectivity index (χ1v) is 7.57. The SMILES string of the molecule is Cc1ccccc1S(=O)(=O)Nc1cccc2[nH]ncc12. The van der Waals surface area contributed by atoms with Crippen LogP contribution in [-0.4, -0.2) is 18.6 Å². The van der Waals surface area contributed by atoms with Gasteiger partial charge >= 0.3 is 0 Å². The highest BCUT2D eigenvalue weighted by Gasteiger charge is 2.17. The Hall–Kier alpha value is -2.34. The van der Waals surface area contributed by atoms with Gasteiger partial charge in [-0.1, -0.05) is 24.3 Å². The zero-order valence-electron chi connectivity index (χ0n) is 10.8. The molecular weight excluding hydrogens is 274 g/mol. The van der Waals surface area contributed by atoms with Crippen LogP contribution in [0.5, 0.6) is 0 Å². The number of aryl methyl sites for hydroxylation is 1. The topological polar surface area (TPSA) is 74.8 Å². The van der Waals surface area contributed by atoms with Gasteiger partial charge in [-0.2, -0.15) is 5.10 Å². The van der Waals surface area contributed by atoms with Gasteiger partial charge in [0.15, 0.2) is 0 Å². The van der Waals surface area contributed by atoms with Gasteiger partial charge in [0, 0.05) is 5.39 Å². The van der Waals surface area contributed by atoms with Crippen LogP contribution in [0.1, 0.15) is 5.56 Å². The van der Waals surface area contributed by atoms with E-state index >= 15 is 0 Å². The van der Waals surface area contributed by atoms with Gasteiger partial charge in [-0.05, 0) is 30.7 Å². The zero-order chi connectivity index (χ0) is 14.2. The van der Waals surface area contributed by atoms with Crippen LogP contribution in [0, 0.1) is 6.92 Å². The lowest BCUT2D eigenvalue weighted by Crippen LogP contribution is -2.14. The van der Waals surface area contributed by atoms with Gasteiger partial charge in [-0.15, -0.1) is 0 Å². The third-order valence-electron chi connectivity index (χ3n) is 3.11. The summed E-state index contributed by atoms with van der Waals surface area (Å²) >= 11 is 0. The molecule has 0 radical (unpaired) electrons. The second-order valence-electron chi connectivity index (χ2n) is 4.51. The maximum absolute atomic E-state index is 12.4. The minimum atomic E-state index is -3.61. The summed E-state index contributed by atoms with van der Waals surface area (Å²) in [4.78, 5) is 0.278. The number of benzene rings is 2. The van der Waals surface area contributed by atoms with Crippen molar-refractivity contribution in [2.24, 2.45) is 0 Å². The molecule has 102 valence electrons. The van der Waals surface area contributed by atoms with E-state index in [4.69, 9.17) is 0 Å². The van der Waals surface area contributed by atoms with E-state index in [1.54, 1.807) is 43.5 Å². The molecule has 1 aromatic heterocycles. The standard InChI is InChI=1S/C14H13N3O2S/c1-10-5-2-3-8-14(10)20(18,19)17-13-7-4-6-12-11(13)9-15-16-12/h2-9,17H,1H3,(H,15,16). The smallest absolute Gasteiger partial charge is 0.262 e. The van der Waals surface area contributed by atoms with Crippen molar-refractivity contribution in [3.63, 3.8) is 0 Å². The third-order valence-corrected chi connectivity index (χ3v) is 4.64. The Balaban J connectivity index is 2.06. The summed E-state index contributed by atoms with van der Waals surface area (Å²) in [6.07, 6.45) is 1.60. The molecule has 0 saturated heterocycles. The van der Waals surface area contributed by atoms with Gasteiger partial charge in [-0.3, -0.25) is 9.82 Å². The van der Waals surface area contributed by atoms with Crippen molar-refractivity contribution in [2.75, 3.05) is 4.72 Å². The number of H-pyrrole nitrogens is 1. The van der Waals surface area contributed by atoms with Crippen LogP contribution in [0.4, 0.5) is 5.69 Å². The molecular formula is C14H13N3O2S. The van der Waals surface area contributed by atoms with Gasteiger partial charge in [-0.25, -0.2) is 8.42 Å². The van der Waals surface area contributed by atoms with Crippen LogP contribution in [0.15, 0.2) is 53.6 Å². The largest absolute Gasteiger partial charge is 0.279 e. The Labute approximate surface area is 116 Å². The molecule has 2 N–H and O–H groups in total. The fraction of sp³-hybridized carbons (Fsp3) is 0.0714. The van der Waals surface area contributed by atoms with Crippen molar-refractivity contribution in [3.05, 3.63) is 54.2 Å². The Morgan fingerprint density at radius 1 is 1.10 bits per heavy atom. The molecule has 5 nitrogen and oxygen atoms in total. The first-order chi connectivity index (χ1) is 9.58. The molecule has 2 aromatic carbocycles. The molecule has 0 fully saturated rings. The highest BCUT2D eigenvalue weighted by atomic mass is 32.2. The van der Waals surface area contributed by atoms with E-state index in [0.29, 0.717) is 11.3 Å². The maximum Gasteiger partial charge on any atom is 0.262 e. The van der Waals surface area contributed by atoms with Crippen LogP contribution >= 0.6 is 0 Å². The maximum atomic E-state index is 12.4. The molecule has 0 aliphatic carbocycles. The van der Waals surface area contributed by atoms with Crippen molar-refractivity contribution >= 4 is 26.6 Å². The quantitative estimate of drug-likeness (QED) is 0.777. The Kier molecular flexibility index (Phi) is 2.94. The van der Waals surface area contributed by atoms with E-state index in [1.165, 1.54) is 0 Å². The number of hydrogen-bond donors (Lipinski definition) is 2.